The molecular weight excluding hydrogens is 163 g/mol. The van der Waals surface area contributed by atoms with Crippen LogP contribution in [-0.2, 0) is 11.8 Å². The van der Waals surface area contributed by atoms with Gasteiger partial charge in [-0.05, 0) is 20.8 Å². The van der Waals surface area contributed by atoms with E-state index in [4.69, 9.17) is 16.0 Å². The summed E-state index contributed by atoms with van der Waals surface area (Å²) in [4.78, 5) is 18.3. The Kier molecular flexibility index (Phi) is 3.01. The van der Waals surface area contributed by atoms with Gasteiger partial charge in [0.25, 0.3) is 0 Å². The van der Waals surface area contributed by atoms with Crippen molar-refractivity contribution in [1.82, 2.24) is 0 Å². The van der Waals surface area contributed by atoms with E-state index in [1.165, 1.54) is 0 Å². The molecule has 0 radical (unpaired) electrons. The van der Waals surface area contributed by atoms with Crippen LogP contribution in [-0.4, -0.2) is 4.89 Å². The second-order valence-electron chi connectivity index (χ2n) is 0.871. The molecule has 0 aromatic heterocycles. The Morgan fingerprint density at radius 2 is 1.67 bits per heavy atom. The Hall–Kier alpha value is -0.770. The number of azide groups is 1. The van der Waals surface area contributed by atoms with Gasteiger partial charge in [0.2, 0.25) is 6.57 Å². The van der Waals surface area contributed by atoms with Crippen LogP contribution in [0.4, 0.5) is 0 Å². The molecule has 0 saturated heterocycles. The molecule has 0 spiro atoms. The van der Waals surface area contributed by atoms with Crippen molar-refractivity contribution in [3.05, 3.63) is 20.9 Å². The first-order valence-electron chi connectivity index (χ1n) is 1.58. The standard InChI is InChI=1S/HN6OPS/c1-3-5-8(7,9)6-4-2/h(H,7,9). The van der Waals surface area contributed by atoms with E-state index in [9.17, 15) is 0 Å². The second kappa shape index (κ2) is 3.29. The van der Waals surface area contributed by atoms with E-state index >= 15 is 0 Å². The third-order valence-electron chi connectivity index (χ3n) is 0.313. The lowest BCUT2D eigenvalue weighted by Gasteiger charge is -1.92. The molecule has 0 fully saturated rings. The Balaban J connectivity index is 4.59. The summed E-state index contributed by atoms with van der Waals surface area (Å²) in [6.45, 7) is -3.44. The van der Waals surface area contributed by atoms with Crippen LogP contribution in [0.3, 0.4) is 0 Å². The molecule has 9 heteroatoms. The monoisotopic (exact) mass is 164 g/mol. The third kappa shape index (κ3) is 3.78. The highest BCUT2D eigenvalue weighted by Gasteiger charge is 2.03. The maximum Gasteiger partial charge on any atom is 0.238 e. The summed E-state index contributed by atoms with van der Waals surface area (Å²) in [6.07, 6.45) is 0. The van der Waals surface area contributed by atoms with E-state index in [0.717, 1.165) is 0 Å². The van der Waals surface area contributed by atoms with Crippen LogP contribution in [0.5, 0.6) is 0 Å². The lowest BCUT2D eigenvalue weighted by molar-refractivity contribution is 0.623. The number of hydrogen-bond acceptors (Lipinski definition) is 1. The fourth-order valence-electron chi connectivity index (χ4n) is 0.122. The Bertz CT molecular complexity index is 209. The molecule has 0 bridgehead atoms. The quantitative estimate of drug-likeness (QED) is 0.290. The predicted octanol–water partition coefficient (Wildman–Crippen LogP) is 1.82. The van der Waals surface area contributed by atoms with Crippen molar-refractivity contribution >= 4 is 18.4 Å². The zero-order valence-electron chi connectivity index (χ0n) is 3.99. The van der Waals surface area contributed by atoms with E-state index in [1.54, 1.807) is 0 Å². The molecule has 48 valence electrons. The second-order valence-corrected chi connectivity index (χ2v) is 3.73. The molecule has 0 rings (SSSR count). The van der Waals surface area contributed by atoms with Crippen LogP contribution < -0.4 is 0 Å². The molecule has 7 nitrogen and oxygen atoms in total. The van der Waals surface area contributed by atoms with E-state index in [2.05, 4.69) is 31.4 Å². The van der Waals surface area contributed by atoms with Crippen LogP contribution in [0.1, 0.15) is 0 Å². The third-order valence-corrected chi connectivity index (χ3v) is 1.38. The fraction of sp³-hybridized carbons (Fsp3) is 0. The Labute approximate surface area is 54.8 Å². The minimum Gasteiger partial charge on any atom is -0.356 e. The largest absolute Gasteiger partial charge is 0.356 e. The summed E-state index contributed by atoms with van der Waals surface area (Å²) in [5, 5.41) is 0. The van der Waals surface area contributed by atoms with Gasteiger partial charge >= 0.3 is 0 Å². The molecular formula is HN6OPS. The summed E-state index contributed by atoms with van der Waals surface area (Å²) in [5.74, 6) is 0. The van der Waals surface area contributed by atoms with Gasteiger partial charge in [0.05, 0.1) is 0 Å². The maximum absolute atomic E-state index is 8.60. The average molecular weight is 164 g/mol. The van der Waals surface area contributed by atoms with Crippen LogP contribution in [0.15, 0.2) is 9.77 Å². The summed E-state index contributed by atoms with van der Waals surface area (Å²) in [5.41, 5.74) is 15.4. The highest BCUT2D eigenvalue weighted by Crippen LogP contribution is 2.44. The summed E-state index contributed by atoms with van der Waals surface area (Å²) in [7, 11) is 0. The SMILES string of the molecule is [N-]=[N+]=NP(O)(=S)N=[N+]=[N-]. The molecule has 1 N–H and O–H groups in total. The van der Waals surface area contributed by atoms with Gasteiger partial charge in [-0.1, -0.05) is 11.8 Å². The van der Waals surface area contributed by atoms with Crippen molar-refractivity contribution in [2.75, 3.05) is 0 Å². The molecule has 0 saturated carbocycles. The molecule has 0 aromatic rings. The normalized spacial score (nSPS) is 14.3. The van der Waals surface area contributed by atoms with Gasteiger partial charge in [-0.25, -0.2) is 0 Å². The smallest absolute Gasteiger partial charge is 0.238 e. The first-order valence-corrected chi connectivity index (χ1v) is 4.24. The Morgan fingerprint density at radius 1 is 1.33 bits per heavy atom. The zero-order valence-corrected chi connectivity index (χ0v) is 5.70. The van der Waals surface area contributed by atoms with Crippen molar-refractivity contribution in [3.63, 3.8) is 0 Å². The van der Waals surface area contributed by atoms with Gasteiger partial charge in [0, 0.05) is 9.82 Å². The van der Waals surface area contributed by atoms with Crippen LogP contribution >= 0.6 is 6.57 Å². The minimum atomic E-state index is -3.44. The summed E-state index contributed by atoms with van der Waals surface area (Å²) < 4.78 is 0. The van der Waals surface area contributed by atoms with Crippen molar-refractivity contribution in [2.45, 2.75) is 0 Å². The van der Waals surface area contributed by atoms with Crippen LogP contribution in [0.25, 0.3) is 20.9 Å². The highest BCUT2D eigenvalue weighted by atomic mass is 32.4. The van der Waals surface area contributed by atoms with E-state index in [1.807, 2.05) is 0 Å². The number of rotatable bonds is 2. The van der Waals surface area contributed by atoms with Gasteiger partial charge in [-0.15, -0.1) is 0 Å². The fourth-order valence-corrected chi connectivity index (χ4v) is 0.562. The molecule has 0 aliphatic rings. The van der Waals surface area contributed by atoms with Crippen molar-refractivity contribution in [1.29, 1.82) is 0 Å². The van der Waals surface area contributed by atoms with E-state index in [-0.39, 0.29) is 0 Å². The van der Waals surface area contributed by atoms with Gasteiger partial charge in [0.15, 0.2) is 0 Å². The first kappa shape index (κ1) is 8.23. The molecule has 0 unspecified atom stereocenters. The molecule has 0 aliphatic carbocycles. The van der Waals surface area contributed by atoms with Crippen molar-refractivity contribution < 1.29 is 4.89 Å². The summed E-state index contributed by atoms with van der Waals surface area (Å²) in [6, 6.07) is 0. The molecule has 0 heterocycles. The van der Waals surface area contributed by atoms with Crippen LogP contribution in [0.2, 0.25) is 0 Å². The van der Waals surface area contributed by atoms with Crippen molar-refractivity contribution in [2.24, 2.45) is 9.77 Å². The average Bonchev–Trinajstić information content (AvgIpc) is 1.64. The minimum absolute atomic E-state index is 2.18. The molecule has 0 amide bonds. The topological polar surface area (TPSA) is 118 Å². The lowest BCUT2D eigenvalue weighted by atomic mass is 13.0. The van der Waals surface area contributed by atoms with E-state index < -0.39 is 6.57 Å². The predicted molar refractivity (Wildman–Crippen MR) is 34.8 cm³/mol. The first-order chi connectivity index (χ1) is 4.12. The maximum atomic E-state index is 8.60. The van der Waals surface area contributed by atoms with E-state index in [0.29, 0.717) is 0 Å². The Morgan fingerprint density at radius 3 is 1.89 bits per heavy atom. The number of hydrogen-bond donors (Lipinski definition) is 1. The molecule has 0 aromatic carbocycles. The number of nitrogens with zero attached hydrogens (tertiary/aromatic N) is 6. The van der Waals surface area contributed by atoms with Gasteiger partial charge in [-0.3, -0.25) is 0 Å². The van der Waals surface area contributed by atoms with Gasteiger partial charge in [0.1, 0.15) is 0 Å². The van der Waals surface area contributed by atoms with Gasteiger partial charge in [-0.2, -0.15) is 0 Å². The molecule has 0 atom stereocenters. The highest BCUT2D eigenvalue weighted by molar-refractivity contribution is 8.10. The molecule has 0 aliphatic heterocycles. The van der Waals surface area contributed by atoms with Crippen molar-refractivity contribution in [3.8, 4) is 0 Å². The van der Waals surface area contributed by atoms with Gasteiger partial charge < -0.3 is 4.89 Å². The molecule has 9 heavy (non-hydrogen) atoms. The lowest BCUT2D eigenvalue weighted by Crippen LogP contribution is -1.59. The van der Waals surface area contributed by atoms with Crippen LogP contribution in [0, 0.1) is 0 Å². The summed E-state index contributed by atoms with van der Waals surface area (Å²) >= 11 is 4.17. The zero-order chi connectivity index (χ0) is 7.33.